The zero-order valence-corrected chi connectivity index (χ0v) is 13.7. The average Bonchev–Trinajstić information content (AvgIpc) is 3.04. The molecule has 4 rings (SSSR count). The Morgan fingerprint density at radius 3 is 2.83 bits per heavy atom. The highest BCUT2D eigenvalue weighted by molar-refractivity contribution is 7.99. The Bertz CT molecular complexity index is 813. The molecular weight excluding hydrogens is 306 g/mol. The second-order valence-corrected chi connectivity index (χ2v) is 6.75. The first kappa shape index (κ1) is 14.3. The summed E-state index contributed by atoms with van der Waals surface area (Å²) in [6.07, 6.45) is 0. The van der Waals surface area contributed by atoms with Crippen molar-refractivity contribution < 1.29 is 4.52 Å². The van der Waals surface area contributed by atoms with Crippen LogP contribution in [0.25, 0.3) is 11.4 Å². The molecule has 0 radical (unpaired) electrons. The number of benzene rings is 2. The first-order valence-corrected chi connectivity index (χ1v) is 8.64. The van der Waals surface area contributed by atoms with E-state index in [4.69, 9.17) is 4.52 Å². The monoisotopic (exact) mass is 323 g/mol. The van der Waals surface area contributed by atoms with Crippen LogP contribution in [0.3, 0.4) is 0 Å². The van der Waals surface area contributed by atoms with E-state index >= 15 is 0 Å². The summed E-state index contributed by atoms with van der Waals surface area (Å²) in [5.41, 5.74) is 3.46. The zero-order chi connectivity index (χ0) is 15.6. The summed E-state index contributed by atoms with van der Waals surface area (Å²) in [6, 6.07) is 16.6. The van der Waals surface area contributed by atoms with Crippen molar-refractivity contribution in [2.24, 2.45) is 0 Å². The van der Waals surface area contributed by atoms with Gasteiger partial charge in [0.1, 0.15) is 0 Å². The van der Waals surface area contributed by atoms with Gasteiger partial charge in [-0.15, -0.1) is 11.8 Å². The number of nitrogens with zero attached hydrogens (tertiary/aromatic N) is 3. The van der Waals surface area contributed by atoms with E-state index in [-0.39, 0.29) is 0 Å². The lowest BCUT2D eigenvalue weighted by Crippen LogP contribution is -2.28. The Kier molecular flexibility index (Phi) is 3.79. The van der Waals surface area contributed by atoms with Crippen LogP contribution >= 0.6 is 11.8 Å². The maximum Gasteiger partial charge on any atom is 0.246 e. The maximum absolute atomic E-state index is 5.46. The second-order valence-electron chi connectivity index (χ2n) is 5.62. The van der Waals surface area contributed by atoms with E-state index in [0.29, 0.717) is 18.3 Å². The minimum absolute atomic E-state index is 0.649. The van der Waals surface area contributed by atoms with E-state index in [1.807, 2.05) is 23.9 Å². The Morgan fingerprint density at radius 1 is 1.13 bits per heavy atom. The third-order valence-corrected chi connectivity index (χ3v) is 4.97. The predicted molar refractivity (Wildman–Crippen MR) is 92.7 cm³/mol. The molecule has 0 aliphatic carbocycles. The molecule has 1 aliphatic heterocycles. The Labute approximate surface area is 139 Å². The van der Waals surface area contributed by atoms with Crippen molar-refractivity contribution in [1.82, 2.24) is 10.1 Å². The van der Waals surface area contributed by atoms with Crippen molar-refractivity contribution in [3.8, 4) is 11.4 Å². The minimum atomic E-state index is 0.649. The fourth-order valence-electron chi connectivity index (χ4n) is 2.69. The SMILES string of the molecule is Cc1ccc(-c2noc(CN3CCSc4ccccc43)n2)cc1. The normalized spacial score (nSPS) is 13.9. The molecule has 116 valence electrons. The Hall–Kier alpha value is -2.27. The smallest absolute Gasteiger partial charge is 0.246 e. The van der Waals surface area contributed by atoms with Crippen LogP contribution < -0.4 is 4.90 Å². The number of thioether (sulfide) groups is 1. The van der Waals surface area contributed by atoms with Crippen molar-refractivity contribution in [1.29, 1.82) is 0 Å². The lowest BCUT2D eigenvalue weighted by atomic mass is 10.1. The van der Waals surface area contributed by atoms with Gasteiger partial charge in [-0.2, -0.15) is 4.98 Å². The molecular formula is C18H17N3OS. The molecule has 1 aliphatic rings. The summed E-state index contributed by atoms with van der Waals surface area (Å²) in [7, 11) is 0. The minimum Gasteiger partial charge on any atom is -0.360 e. The lowest BCUT2D eigenvalue weighted by Gasteiger charge is -2.29. The number of anilines is 1. The summed E-state index contributed by atoms with van der Waals surface area (Å²) in [5, 5.41) is 4.12. The fourth-order valence-corrected chi connectivity index (χ4v) is 3.74. The molecule has 3 aromatic rings. The van der Waals surface area contributed by atoms with Gasteiger partial charge >= 0.3 is 0 Å². The van der Waals surface area contributed by atoms with Crippen LogP contribution in [0.1, 0.15) is 11.5 Å². The summed E-state index contributed by atoms with van der Waals surface area (Å²) < 4.78 is 5.46. The summed E-state index contributed by atoms with van der Waals surface area (Å²) in [6.45, 7) is 3.71. The number of rotatable bonds is 3. The van der Waals surface area contributed by atoms with Crippen LogP contribution in [-0.4, -0.2) is 22.4 Å². The molecule has 2 heterocycles. The third kappa shape index (κ3) is 2.97. The number of aromatic nitrogens is 2. The van der Waals surface area contributed by atoms with E-state index in [1.54, 1.807) is 0 Å². The molecule has 0 bridgehead atoms. The van der Waals surface area contributed by atoms with Gasteiger partial charge in [0.15, 0.2) is 0 Å². The first-order valence-electron chi connectivity index (χ1n) is 7.66. The quantitative estimate of drug-likeness (QED) is 0.724. The lowest BCUT2D eigenvalue weighted by molar-refractivity contribution is 0.377. The molecule has 0 N–H and O–H groups in total. The number of fused-ring (bicyclic) bond motifs is 1. The van der Waals surface area contributed by atoms with Gasteiger partial charge in [0.2, 0.25) is 11.7 Å². The van der Waals surface area contributed by atoms with Crippen LogP contribution in [0.15, 0.2) is 57.9 Å². The highest BCUT2D eigenvalue weighted by atomic mass is 32.2. The van der Waals surface area contributed by atoms with E-state index in [1.165, 1.54) is 16.1 Å². The fraction of sp³-hybridized carbons (Fsp3) is 0.222. The van der Waals surface area contributed by atoms with Gasteiger partial charge in [0, 0.05) is 22.8 Å². The first-order chi connectivity index (χ1) is 11.3. The molecule has 5 heteroatoms. The Morgan fingerprint density at radius 2 is 1.96 bits per heavy atom. The molecule has 0 spiro atoms. The highest BCUT2D eigenvalue weighted by Crippen LogP contribution is 2.35. The van der Waals surface area contributed by atoms with Gasteiger partial charge < -0.3 is 9.42 Å². The summed E-state index contributed by atoms with van der Waals surface area (Å²) >= 11 is 1.90. The number of para-hydroxylation sites is 1. The molecule has 0 fully saturated rings. The molecule has 0 saturated heterocycles. The predicted octanol–water partition coefficient (Wildman–Crippen LogP) is 4.16. The van der Waals surface area contributed by atoms with Crippen LogP contribution in [0.5, 0.6) is 0 Å². The molecule has 2 aromatic carbocycles. The number of hydrogen-bond donors (Lipinski definition) is 0. The van der Waals surface area contributed by atoms with Gasteiger partial charge in [0.05, 0.1) is 12.2 Å². The van der Waals surface area contributed by atoms with Gasteiger partial charge in [-0.25, -0.2) is 0 Å². The highest BCUT2D eigenvalue weighted by Gasteiger charge is 2.19. The van der Waals surface area contributed by atoms with Crippen molar-refractivity contribution in [2.75, 3.05) is 17.2 Å². The molecule has 0 atom stereocenters. The third-order valence-electron chi connectivity index (χ3n) is 3.93. The van der Waals surface area contributed by atoms with E-state index in [2.05, 4.69) is 58.4 Å². The molecule has 0 saturated carbocycles. The van der Waals surface area contributed by atoms with Gasteiger partial charge in [0.25, 0.3) is 0 Å². The molecule has 0 unspecified atom stereocenters. The van der Waals surface area contributed by atoms with Crippen molar-refractivity contribution in [2.45, 2.75) is 18.4 Å². The van der Waals surface area contributed by atoms with E-state index < -0.39 is 0 Å². The maximum atomic E-state index is 5.46. The second kappa shape index (κ2) is 6.08. The van der Waals surface area contributed by atoms with E-state index in [0.717, 1.165) is 17.9 Å². The van der Waals surface area contributed by atoms with Gasteiger partial charge in [-0.05, 0) is 19.1 Å². The van der Waals surface area contributed by atoms with Crippen molar-refractivity contribution in [3.63, 3.8) is 0 Å². The van der Waals surface area contributed by atoms with Crippen LogP contribution in [-0.2, 0) is 6.54 Å². The van der Waals surface area contributed by atoms with Crippen LogP contribution in [0, 0.1) is 6.92 Å². The summed E-state index contributed by atoms with van der Waals surface area (Å²) in [5.74, 6) is 2.39. The van der Waals surface area contributed by atoms with Crippen molar-refractivity contribution >= 4 is 17.4 Å². The van der Waals surface area contributed by atoms with Crippen molar-refractivity contribution in [3.05, 3.63) is 60.0 Å². The van der Waals surface area contributed by atoms with E-state index in [9.17, 15) is 0 Å². The number of hydrogen-bond acceptors (Lipinski definition) is 5. The van der Waals surface area contributed by atoms with Crippen LogP contribution in [0.4, 0.5) is 5.69 Å². The molecule has 1 aromatic heterocycles. The topological polar surface area (TPSA) is 42.2 Å². The number of aryl methyl sites for hydroxylation is 1. The van der Waals surface area contributed by atoms with Crippen LogP contribution in [0.2, 0.25) is 0 Å². The molecule has 23 heavy (non-hydrogen) atoms. The summed E-state index contributed by atoms with van der Waals surface area (Å²) in [4.78, 5) is 8.17. The average molecular weight is 323 g/mol. The standard InChI is InChI=1S/C18H17N3OS/c1-13-6-8-14(9-7-13)18-19-17(22-20-18)12-21-10-11-23-16-5-3-2-4-15(16)21/h2-9H,10-12H2,1H3. The van der Waals surface area contributed by atoms with Gasteiger partial charge in [-0.3, -0.25) is 0 Å². The van der Waals surface area contributed by atoms with Gasteiger partial charge in [-0.1, -0.05) is 47.1 Å². The largest absolute Gasteiger partial charge is 0.360 e. The molecule has 4 nitrogen and oxygen atoms in total. The zero-order valence-electron chi connectivity index (χ0n) is 12.9. The Balaban J connectivity index is 1.56. The molecule has 0 amide bonds.